The molecule has 4 rings (SSSR count). The summed E-state index contributed by atoms with van der Waals surface area (Å²) < 4.78 is 54.9. The van der Waals surface area contributed by atoms with Gasteiger partial charge in [0.15, 0.2) is 11.6 Å². The highest BCUT2D eigenvalue weighted by molar-refractivity contribution is 5.72. The Morgan fingerprint density at radius 2 is 1.60 bits per heavy atom. The zero-order chi connectivity index (χ0) is 24.8. The smallest absolute Gasteiger partial charge is 0.166 e. The first-order chi connectivity index (χ1) is 17.0. The monoisotopic (exact) mass is 480 g/mol. The van der Waals surface area contributed by atoms with Crippen LogP contribution < -0.4 is 0 Å². The first kappa shape index (κ1) is 25.2. The predicted octanol–water partition coefficient (Wildman–Crippen LogP) is 8.15. The fraction of sp³-hybridized carbons (Fsp3) is 0.333. The fourth-order valence-electron chi connectivity index (χ4n) is 4.70. The second kappa shape index (κ2) is 11.7. The van der Waals surface area contributed by atoms with Crippen molar-refractivity contribution >= 4 is 12.2 Å². The fourth-order valence-corrected chi connectivity index (χ4v) is 4.70. The minimum absolute atomic E-state index is 0.0232. The Balaban J connectivity index is 1.45. The number of rotatable bonds is 8. The Hall–Kier alpha value is -2.89. The third-order valence-corrected chi connectivity index (χ3v) is 6.77. The Labute approximate surface area is 205 Å². The Kier molecular flexibility index (Phi) is 8.42. The highest BCUT2D eigenvalue weighted by atomic mass is 19.2. The van der Waals surface area contributed by atoms with Gasteiger partial charge in [0.25, 0.3) is 0 Å². The summed E-state index contributed by atoms with van der Waals surface area (Å²) in [5.74, 6) is -1.86. The molecule has 35 heavy (non-hydrogen) atoms. The summed E-state index contributed by atoms with van der Waals surface area (Å²) in [5.41, 5.74) is 3.50. The van der Waals surface area contributed by atoms with Crippen molar-refractivity contribution in [1.82, 2.24) is 0 Å². The third-order valence-electron chi connectivity index (χ3n) is 6.77. The van der Waals surface area contributed by atoms with E-state index in [2.05, 4.69) is 0 Å². The number of methoxy groups -OCH3 is 1. The van der Waals surface area contributed by atoms with E-state index in [1.54, 1.807) is 37.5 Å². The van der Waals surface area contributed by atoms with Crippen LogP contribution in [0.3, 0.4) is 0 Å². The van der Waals surface area contributed by atoms with E-state index in [0.717, 1.165) is 42.4 Å². The van der Waals surface area contributed by atoms with E-state index in [4.69, 9.17) is 9.47 Å². The number of ether oxygens (including phenoxy) is 2. The molecule has 1 fully saturated rings. The van der Waals surface area contributed by atoms with Gasteiger partial charge in [-0.05, 0) is 66.8 Å². The van der Waals surface area contributed by atoms with Crippen molar-refractivity contribution in [2.75, 3.05) is 13.7 Å². The molecule has 0 aromatic heterocycles. The minimum Gasteiger partial charge on any atom is -0.381 e. The summed E-state index contributed by atoms with van der Waals surface area (Å²) in [4.78, 5) is 0. The predicted molar refractivity (Wildman–Crippen MR) is 134 cm³/mol. The largest absolute Gasteiger partial charge is 0.381 e. The van der Waals surface area contributed by atoms with Crippen molar-refractivity contribution in [1.29, 1.82) is 0 Å². The van der Waals surface area contributed by atoms with Gasteiger partial charge in [-0.1, -0.05) is 60.7 Å². The van der Waals surface area contributed by atoms with Crippen LogP contribution in [0, 0.1) is 17.5 Å². The molecule has 0 saturated heterocycles. The van der Waals surface area contributed by atoms with Crippen LogP contribution in [0.4, 0.5) is 13.2 Å². The lowest BCUT2D eigenvalue weighted by molar-refractivity contribution is 0.0655. The van der Waals surface area contributed by atoms with Gasteiger partial charge < -0.3 is 9.47 Å². The molecule has 2 nitrogen and oxygen atoms in total. The van der Waals surface area contributed by atoms with Crippen molar-refractivity contribution in [2.45, 2.75) is 51.2 Å². The molecular formula is C30H31F3O2. The average molecular weight is 481 g/mol. The van der Waals surface area contributed by atoms with Gasteiger partial charge in [-0.15, -0.1) is 0 Å². The number of hydrogen-bond acceptors (Lipinski definition) is 2. The van der Waals surface area contributed by atoms with Gasteiger partial charge in [-0.3, -0.25) is 0 Å². The summed E-state index contributed by atoms with van der Waals surface area (Å²) in [6, 6.07) is 15.7. The Morgan fingerprint density at radius 1 is 0.857 bits per heavy atom. The van der Waals surface area contributed by atoms with E-state index in [9.17, 15) is 13.2 Å². The Morgan fingerprint density at radius 3 is 2.26 bits per heavy atom. The molecule has 3 aromatic rings. The van der Waals surface area contributed by atoms with Crippen LogP contribution >= 0.6 is 0 Å². The van der Waals surface area contributed by atoms with E-state index in [0.29, 0.717) is 24.3 Å². The maximum absolute atomic E-state index is 14.8. The van der Waals surface area contributed by atoms with E-state index in [1.807, 2.05) is 37.3 Å². The molecular weight excluding hydrogens is 449 g/mol. The van der Waals surface area contributed by atoms with Gasteiger partial charge in [0, 0.05) is 24.8 Å². The second-order valence-corrected chi connectivity index (χ2v) is 8.99. The normalized spacial score (nSPS) is 18.3. The van der Waals surface area contributed by atoms with Crippen LogP contribution in [0.15, 0.2) is 54.6 Å². The van der Waals surface area contributed by atoms with Crippen LogP contribution in [0.25, 0.3) is 23.3 Å². The maximum atomic E-state index is 14.8. The lowest BCUT2D eigenvalue weighted by Crippen LogP contribution is -2.20. The van der Waals surface area contributed by atoms with Gasteiger partial charge >= 0.3 is 0 Å². The molecule has 0 unspecified atom stereocenters. The third kappa shape index (κ3) is 6.03. The molecule has 0 heterocycles. The molecule has 1 aliphatic rings. The number of hydrogen-bond donors (Lipinski definition) is 0. The molecule has 0 aliphatic heterocycles. The number of halogens is 3. The number of benzene rings is 3. The van der Waals surface area contributed by atoms with Crippen LogP contribution in [0.1, 0.15) is 60.8 Å². The standard InChI is InChI=1S/C30H31F3O2/c1-3-35-19-21-7-16-26(28(31)18-21)22-8-4-20(5-9-22)6-10-24-13-17-27(30(33)29(24)32)23-11-14-25(34-2)15-12-23/h4-10,13,16-18,23,25H,3,11-12,14-15,19H2,1-2H3/b10-6+. The zero-order valence-corrected chi connectivity index (χ0v) is 20.2. The Bertz CT molecular complexity index is 1160. The molecule has 0 amide bonds. The quantitative estimate of drug-likeness (QED) is 0.303. The van der Waals surface area contributed by atoms with Crippen molar-refractivity contribution in [3.8, 4) is 11.1 Å². The van der Waals surface area contributed by atoms with E-state index < -0.39 is 11.6 Å². The molecule has 1 saturated carbocycles. The molecule has 0 spiro atoms. The first-order valence-corrected chi connectivity index (χ1v) is 12.2. The highest BCUT2D eigenvalue weighted by Gasteiger charge is 2.26. The molecule has 0 atom stereocenters. The molecule has 0 bridgehead atoms. The van der Waals surface area contributed by atoms with E-state index >= 15 is 0 Å². The molecule has 184 valence electrons. The van der Waals surface area contributed by atoms with Gasteiger partial charge in [-0.2, -0.15) is 0 Å². The van der Waals surface area contributed by atoms with Crippen LogP contribution in [0.2, 0.25) is 0 Å². The summed E-state index contributed by atoms with van der Waals surface area (Å²) in [6.07, 6.45) is 6.83. The highest BCUT2D eigenvalue weighted by Crippen LogP contribution is 2.36. The summed E-state index contributed by atoms with van der Waals surface area (Å²) in [6.45, 7) is 2.86. The minimum atomic E-state index is -0.821. The average Bonchev–Trinajstić information content (AvgIpc) is 2.89. The van der Waals surface area contributed by atoms with E-state index in [1.165, 1.54) is 6.07 Å². The first-order valence-electron chi connectivity index (χ1n) is 12.2. The lowest BCUT2D eigenvalue weighted by atomic mass is 9.82. The van der Waals surface area contributed by atoms with Crippen molar-refractivity contribution in [3.05, 3.63) is 94.3 Å². The van der Waals surface area contributed by atoms with Crippen LogP contribution in [0.5, 0.6) is 0 Å². The summed E-state index contributed by atoms with van der Waals surface area (Å²) >= 11 is 0. The van der Waals surface area contributed by atoms with E-state index in [-0.39, 0.29) is 23.4 Å². The van der Waals surface area contributed by atoms with Gasteiger partial charge in [-0.25, -0.2) is 13.2 Å². The molecule has 3 aromatic carbocycles. The molecule has 0 radical (unpaired) electrons. The topological polar surface area (TPSA) is 18.5 Å². The molecule has 1 aliphatic carbocycles. The SMILES string of the molecule is CCOCc1ccc(-c2ccc(/C=C/c3ccc(C4CCC(OC)CC4)c(F)c3F)cc2)c(F)c1. The molecule has 5 heteroatoms. The van der Waals surface area contributed by atoms with Crippen molar-refractivity contribution in [2.24, 2.45) is 0 Å². The van der Waals surface area contributed by atoms with Gasteiger partial charge in [0.1, 0.15) is 5.82 Å². The molecule has 0 N–H and O–H groups in total. The second-order valence-electron chi connectivity index (χ2n) is 8.99. The maximum Gasteiger partial charge on any atom is 0.166 e. The van der Waals surface area contributed by atoms with Crippen molar-refractivity contribution in [3.63, 3.8) is 0 Å². The van der Waals surface area contributed by atoms with Gasteiger partial charge in [0.2, 0.25) is 0 Å². The summed E-state index contributed by atoms with van der Waals surface area (Å²) in [5, 5.41) is 0. The van der Waals surface area contributed by atoms with Gasteiger partial charge in [0.05, 0.1) is 12.7 Å². The zero-order valence-electron chi connectivity index (χ0n) is 20.2. The van der Waals surface area contributed by atoms with Crippen LogP contribution in [-0.4, -0.2) is 19.8 Å². The van der Waals surface area contributed by atoms with Crippen LogP contribution in [-0.2, 0) is 16.1 Å². The lowest BCUT2D eigenvalue weighted by Gasteiger charge is -2.28. The van der Waals surface area contributed by atoms with Crippen molar-refractivity contribution < 1.29 is 22.6 Å². The summed E-state index contributed by atoms with van der Waals surface area (Å²) in [7, 11) is 1.69.